The van der Waals surface area contributed by atoms with Gasteiger partial charge in [-0.1, -0.05) is 11.6 Å². The summed E-state index contributed by atoms with van der Waals surface area (Å²) in [5, 5.41) is 1.05. The molecule has 1 saturated heterocycles. The van der Waals surface area contributed by atoms with Crippen LogP contribution in [-0.2, 0) is 4.74 Å². The Hall–Kier alpha value is -1.52. The standard InChI is InChI=1S/C13H12ClNO3/c14-9-1-2-12-10(7-9)11(16)8-13(18-12)15-3-5-17-6-4-15/h1-2,7-8H,3-6H2. The lowest BCUT2D eigenvalue weighted by Crippen LogP contribution is -2.36. The predicted octanol–water partition coefficient (Wildman–Crippen LogP) is 2.28. The molecule has 0 saturated carbocycles. The average molecular weight is 266 g/mol. The Morgan fingerprint density at radius 1 is 1.17 bits per heavy atom. The van der Waals surface area contributed by atoms with Crippen LogP contribution < -0.4 is 10.3 Å². The van der Waals surface area contributed by atoms with Gasteiger partial charge in [0.15, 0.2) is 11.3 Å². The van der Waals surface area contributed by atoms with E-state index in [0.717, 1.165) is 13.1 Å². The van der Waals surface area contributed by atoms with Crippen molar-refractivity contribution >= 4 is 28.5 Å². The molecular weight excluding hydrogens is 254 g/mol. The third kappa shape index (κ3) is 2.09. The fraction of sp³-hybridized carbons (Fsp3) is 0.308. The highest BCUT2D eigenvalue weighted by Crippen LogP contribution is 2.22. The van der Waals surface area contributed by atoms with Gasteiger partial charge in [-0.3, -0.25) is 4.79 Å². The van der Waals surface area contributed by atoms with Crippen LogP contribution in [0.2, 0.25) is 5.02 Å². The van der Waals surface area contributed by atoms with Crippen molar-refractivity contribution in [3.63, 3.8) is 0 Å². The molecule has 0 spiro atoms. The minimum atomic E-state index is -0.0692. The maximum absolute atomic E-state index is 12.0. The first-order valence-electron chi connectivity index (χ1n) is 5.80. The number of ether oxygens (including phenoxy) is 1. The predicted molar refractivity (Wildman–Crippen MR) is 70.5 cm³/mol. The molecule has 0 bridgehead atoms. The lowest BCUT2D eigenvalue weighted by molar-refractivity contribution is 0.121. The van der Waals surface area contributed by atoms with Crippen LogP contribution in [0.5, 0.6) is 0 Å². The summed E-state index contributed by atoms with van der Waals surface area (Å²) in [6, 6.07) is 6.59. The Bertz CT molecular complexity index is 632. The summed E-state index contributed by atoms with van der Waals surface area (Å²) >= 11 is 5.87. The number of fused-ring (bicyclic) bond motifs is 1. The van der Waals surface area contributed by atoms with Gasteiger partial charge in [-0.15, -0.1) is 0 Å². The maximum atomic E-state index is 12.0. The number of rotatable bonds is 1. The second-order valence-corrected chi connectivity index (χ2v) is 4.63. The van der Waals surface area contributed by atoms with Crippen molar-refractivity contribution < 1.29 is 9.15 Å². The average Bonchev–Trinajstić information content (AvgIpc) is 2.40. The van der Waals surface area contributed by atoms with Crippen molar-refractivity contribution in [3.8, 4) is 0 Å². The molecule has 1 aliphatic heterocycles. The van der Waals surface area contributed by atoms with E-state index in [1.807, 2.05) is 4.90 Å². The van der Waals surface area contributed by atoms with E-state index in [4.69, 9.17) is 20.8 Å². The molecule has 18 heavy (non-hydrogen) atoms. The molecule has 0 unspecified atom stereocenters. The van der Waals surface area contributed by atoms with Crippen molar-refractivity contribution in [2.24, 2.45) is 0 Å². The Labute approximate surface area is 109 Å². The molecule has 3 rings (SSSR count). The third-order valence-electron chi connectivity index (χ3n) is 3.00. The molecular formula is C13H12ClNO3. The second-order valence-electron chi connectivity index (χ2n) is 4.19. The molecule has 1 aromatic heterocycles. The fourth-order valence-electron chi connectivity index (χ4n) is 2.06. The van der Waals surface area contributed by atoms with Gasteiger partial charge in [0, 0.05) is 24.2 Å². The van der Waals surface area contributed by atoms with Crippen LogP contribution in [0.1, 0.15) is 0 Å². The van der Waals surface area contributed by atoms with Gasteiger partial charge < -0.3 is 14.1 Å². The van der Waals surface area contributed by atoms with Crippen molar-refractivity contribution in [2.75, 3.05) is 31.2 Å². The van der Waals surface area contributed by atoms with Crippen molar-refractivity contribution in [3.05, 3.63) is 39.5 Å². The van der Waals surface area contributed by atoms with E-state index in [1.165, 1.54) is 6.07 Å². The smallest absolute Gasteiger partial charge is 0.200 e. The van der Waals surface area contributed by atoms with Crippen LogP contribution >= 0.6 is 11.6 Å². The Morgan fingerprint density at radius 2 is 1.94 bits per heavy atom. The van der Waals surface area contributed by atoms with Gasteiger partial charge in [0.1, 0.15) is 5.58 Å². The molecule has 2 aromatic rings. The van der Waals surface area contributed by atoms with Gasteiger partial charge >= 0.3 is 0 Å². The molecule has 0 N–H and O–H groups in total. The molecule has 1 aliphatic rings. The van der Waals surface area contributed by atoms with Gasteiger partial charge in [-0.05, 0) is 18.2 Å². The Balaban J connectivity index is 2.09. The Morgan fingerprint density at radius 3 is 2.72 bits per heavy atom. The second kappa shape index (κ2) is 4.63. The van der Waals surface area contributed by atoms with E-state index in [9.17, 15) is 4.79 Å². The zero-order valence-corrected chi connectivity index (χ0v) is 10.4. The van der Waals surface area contributed by atoms with Gasteiger partial charge in [0.25, 0.3) is 0 Å². The van der Waals surface area contributed by atoms with Crippen LogP contribution in [0.4, 0.5) is 5.88 Å². The summed E-state index contributed by atoms with van der Waals surface area (Å²) < 4.78 is 11.0. The van der Waals surface area contributed by atoms with Gasteiger partial charge in [0.2, 0.25) is 0 Å². The summed E-state index contributed by atoms with van der Waals surface area (Å²) in [5.74, 6) is 0.595. The fourth-order valence-corrected chi connectivity index (χ4v) is 2.23. The number of morpholine rings is 1. The maximum Gasteiger partial charge on any atom is 0.200 e. The monoisotopic (exact) mass is 265 g/mol. The van der Waals surface area contributed by atoms with Crippen LogP contribution in [0.15, 0.2) is 33.5 Å². The van der Waals surface area contributed by atoms with Crippen LogP contribution in [0.25, 0.3) is 11.0 Å². The quantitative estimate of drug-likeness (QED) is 0.793. The largest absolute Gasteiger partial charge is 0.440 e. The molecule has 5 heteroatoms. The Kier molecular flexibility index (Phi) is 2.97. The molecule has 1 aromatic carbocycles. The van der Waals surface area contributed by atoms with Gasteiger partial charge in [-0.2, -0.15) is 0 Å². The van der Waals surface area contributed by atoms with Gasteiger partial charge in [0.05, 0.1) is 18.6 Å². The first-order chi connectivity index (χ1) is 8.74. The summed E-state index contributed by atoms with van der Waals surface area (Å²) in [7, 11) is 0. The zero-order valence-electron chi connectivity index (χ0n) is 9.69. The number of hydrogen-bond donors (Lipinski definition) is 0. The van der Waals surface area contributed by atoms with E-state index in [-0.39, 0.29) is 5.43 Å². The highest BCUT2D eigenvalue weighted by molar-refractivity contribution is 6.31. The van der Waals surface area contributed by atoms with Crippen molar-refractivity contribution in [2.45, 2.75) is 0 Å². The van der Waals surface area contributed by atoms with E-state index in [2.05, 4.69) is 0 Å². The van der Waals surface area contributed by atoms with Crippen molar-refractivity contribution in [1.82, 2.24) is 0 Å². The van der Waals surface area contributed by atoms with Crippen LogP contribution in [0.3, 0.4) is 0 Å². The summed E-state index contributed by atoms with van der Waals surface area (Å²) in [6.45, 7) is 2.79. The third-order valence-corrected chi connectivity index (χ3v) is 3.23. The van der Waals surface area contributed by atoms with Crippen molar-refractivity contribution in [1.29, 1.82) is 0 Å². The highest BCUT2D eigenvalue weighted by Gasteiger charge is 2.15. The molecule has 0 amide bonds. The lowest BCUT2D eigenvalue weighted by Gasteiger charge is -2.27. The molecule has 4 nitrogen and oxygen atoms in total. The topological polar surface area (TPSA) is 42.7 Å². The van der Waals surface area contributed by atoms with E-state index >= 15 is 0 Å². The van der Waals surface area contributed by atoms with E-state index < -0.39 is 0 Å². The highest BCUT2D eigenvalue weighted by atomic mass is 35.5. The SMILES string of the molecule is O=c1cc(N2CCOCC2)oc2ccc(Cl)cc12. The summed E-state index contributed by atoms with van der Waals surface area (Å²) in [4.78, 5) is 14.0. The normalized spacial score (nSPS) is 16.2. The molecule has 0 atom stereocenters. The summed E-state index contributed by atoms with van der Waals surface area (Å²) in [6.07, 6.45) is 0. The number of benzene rings is 1. The molecule has 0 aliphatic carbocycles. The number of nitrogens with zero attached hydrogens (tertiary/aromatic N) is 1. The molecule has 94 valence electrons. The lowest BCUT2D eigenvalue weighted by atomic mass is 10.2. The van der Waals surface area contributed by atoms with E-state index in [1.54, 1.807) is 18.2 Å². The van der Waals surface area contributed by atoms with Gasteiger partial charge in [-0.25, -0.2) is 0 Å². The number of anilines is 1. The first-order valence-corrected chi connectivity index (χ1v) is 6.18. The first kappa shape index (κ1) is 11.6. The zero-order chi connectivity index (χ0) is 12.5. The van der Waals surface area contributed by atoms with Crippen LogP contribution in [0, 0.1) is 0 Å². The molecule has 0 radical (unpaired) electrons. The summed E-state index contributed by atoms with van der Waals surface area (Å²) in [5.41, 5.74) is 0.494. The molecule has 1 fully saturated rings. The minimum absolute atomic E-state index is 0.0692. The van der Waals surface area contributed by atoms with Crippen LogP contribution in [-0.4, -0.2) is 26.3 Å². The minimum Gasteiger partial charge on any atom is -0.440 e. The number of halogens is 1. The molecule has 2 heterocycles. The number of hydrogen-bond acceptors (Lipinski definition) is 4. The van der Waals surface area contributed by atoms with E-state index in [0.29, 0.717) is 35.1 Å².